The molecule has 0 fully saturated rings. The number of nitrogens with one attached hydrogen (secondary N) is 1. The number of hydrogen-bond acceptors (Lipinski definition) is 3. The second-order valence-electron chi connectivity index (χ2n) is 4.20. The molecule has 0 aliphatic carbocycles. The van der Waals surface area contributed by atoms with Crippen LogP contribution >= 0.6 is 0 Å². The smallest absolute Gasteiger partial charge is 0.244 e. The van der Waals surface area contributed by atoms with Crippen LogP contribution in [-0.4, -0.2) is 19.2 Å². The predicted molar refractivity (Wildman–Crippen MR) is 78.9 cm³/mol. The Morgan fingerprint density at radius 1 is 1.15 bits per heavy atom. The standard InChI is InChI=1S/C16H16N2O2/c1-20-15-10-6-5-9-14(15)12-17-18-16(19)11-13-7-3-2-4-8-13/h2-10,12H,11H2,1H3,(H,18,19)/b17-12+. The number of para-hydroxylation sites is 1. The fourth-order valence-corrected chi connectivity index (χ4v) is 1.77. The lowest BCUT2D eigenvalue weighted by atomic mass is 10.1. The molecule has 4 nitrogen and oxygen atoms in total. The molecule has 2 rings (SSSR count). The van der Waals surface area contributed by atoms with Crippen LogP contribution in [0.2, 0.25) is 0 Å². The van der Waals surface area contributed by atoms with Gasteiger partial charge in [0.1, 0.15) is 5.75 Å². The number of carbonyl (C=O) groups is 1. The monoisotopic (exact) mass is 268 g/mol. The summed E-state index contributed by atoms with van der Waals surface area (Å²) in [6.07, 6.45) is 1.88. The van der Waals surface area contributed by atoms with Gasteiger partial charge in [-0.15, -0.1) is 0 Å². The van der Waals surface area contributed by atoms with Gasteiger partial charge >= 0.3 is 0 Å². The number of benzene rings is 2. The molecule has 2 aromatic carbocycles. The summed E-state index contributed by atoms with van der Waals surface area (Å²) in [5.74, 6) is 0.566. The van der Waals surface area contributed by atoms with Gasteiger partial charge in [0.2, 0.25) is 5.91 Å². The van der Waals surface area contributed by atoms with Gasteiger partial charge in [0.15, 0.2) is 0 Å². The maximum Gasteiger partial charge on any atom is 0.244 e. The van der Waals surface area contributed by atoms with Gasteiger partial charge in [-0.2, -0.15) is 5.10 Å². The second-order valence-corrected chi connectivity index (χ2v) is 4.20. The SMILES string of the molecule is COc1ccccc1/C=N/NC(=O)Cc1ccccc1. The summed E-state index contributed by atoms with van der Waals surface area (Å²) in [6, 6.07) is 17.0. The van der Waals surface area contributed by atoms with Crippen molar-refractivity contribution >= 4 is 12.1 Å². The maximum atomic E-state index is 11.7. The quantitative estimate of drug-likeness (QED) is 0.668. The third kappa shape index (κ3) is 3.95. The molecule has 0 aliphatic rings. The average Bonchev–Trinajstić information content (AvgIpc) is 2.49. The Morgan fingerprint density at radius 2 is 1.85 bits per heavy atom. The minimum Gasteiger partial charge on any atom is -0.496 e. The summed E-state index contributed by atoms with van der Waals surface area (Å²) >= 11 is 0. The number of nitrogens with zero attached hydrogens (tertiary/aromatic N) is 1. The van der Waals surface area contributed by atoms with Crippen molar-refractivity contribution in [1.82, 2.24) is 5.43 Å². The van der Waals surface area contributed by atoms with Crippen LogP contribution in [0.3, 0.4) is 0 Å². The maximum absolute atomic E-state index is 11.7. The van der Waals surface area contributed by atoms with Gasteiger partial charge in [0, 0.05) is 5.56 Å². The van der Waals surface area contributed by atoms with Crippen molar-refractivity contribution in [3.63, 3.8) is 0 Å². The van der Waals surface area contributed by atoms with Crippen molar-refractivity contribution in [2.75, 3.05) is 7.11 Å². The van der Waals surface area contributed by atoms with Crippen LogP contribution in [0.5, 0.6) is 5.75 Å². The van der Waals surface area contributed by atoms with Gasteiger partial charge in [-0.25, -0.2) is 5.43 Å². The van der Waals surface area contributed by atoms with E-state index >= 15 is 0 Å². The molecule has 0 spiro atoms. The number of rotatable bonds is 5. The van der Waals surface area contributed by atoms with E-state index in [1.807, 2.05) is 54.6 Å². The molecule has 0 saturated heterocycles. The summed E-state index contributed by atoms with van der Waals surface area (Å²) in [5, 5.41) is 3.94. The zero-order valence-electron chi connectivity index (χ0n) is 11.2. The Bertz CT molecular complexity index is 594. The lowest BCUT2D eigenvalue weighted by Crippen LogP contribution is -2.19. The van der Waals surface area contributed by atoms with Crippen molar-refractivity contribution in [3.8, 4) is 5.75 Å². The minimum absolute atomic E-state index is 0.151. The highest BCUT2D eigenvalue weighted by Gasteiger charge is 2.01. The van der Waals surface area contributed by atoms with Crippen LogP contribution in [0.15, 0.2) is 59.7 Å². The molecule has 0 aliphatic heterocycles. The molecule has 20 heavy (non-hydrogen) atoms. The number of hydrogen-bond donors (Lipinski definition) is 1. The van der Waals surface area contributed by atoms with E-state index in [0.717, 1.165) is 11.1 Å². The fraction of sp³-hybridized carbons (Fsp3) is 0.125. The van der Waals surface area contributed by atoms with Crippen molar-refractivity contribution in [2.24, 2.45) is 5.10 Å². The molecule has 1 amide bonds. The van der Waals surface area contributed by atoms with E-state index in [9.17, 15) is 4.79 Å². The lowest BCUT2D eigenvalue weighted by Gasteiger charge is -2.03. The van der Waals surface area contributed by atoms with Crippen LogP contribution in [0.4, 0.5) is 0 Å². The van der Waals surface area contributed by atoms with Crippen molar-refractivity contribution in [1.29, 1.82) is 0 Å². The summed E-state index contributed by atoms with van der Waals surface area (Å²) in [6.45, 7) is 0. The van der Waals surface area contributed by atoms with E-state index in [1.165, 1.54) is 0 Å². The average molecular weight is 268 g/mol. The van der Waals surface area contributed by atoms with Gasteiger partial charge in [-0.3, -0.25) is 4.79 Å². The molecule has 0 aromatic heterocycles. The lowest BCUT2D eigenvalue weighted by molar-refractivity contribution is -0.120. The normalized spacial score (nSPS) is 10.4. The van der Waals surface area contributed by atoms with Crippen LogP contribution in [0.1, 0.15) is 11.1 Å². The van der Waals surface area contributed by atoms with E-state index in [4.69, 9.17) is 4.74 Å². The highest BCUT2D eigenvalue weighted by Crippen LogP contribution is 2.14. The highest BCUT2D eigenvalue weighted by atomic mass is 16.5. The number of carbonyl (C=O) groups excluding carboxylic acids is 1. The second kappa shape index (κ2) is 7.09. The summed E-state index contributed by atoms with van der Waals surface area (Å²) in [5.41, 5.74) is 4.28. The summed E-state index contributed by atoms with van der Waals surface area (Å²) < 4.78 is 5.19. The Labute approximate surface area is 118 Å². The van der Waals surface area contributed by atoms with Gasteiger partial charge in [-0.05, 0) is 17.7 Å². The summed E-state index contributed by atoms with van der Waals surface area (Å²) in [4.78, 5) is 11.7. The molecule has 0 heterocycles. The zero-order valence-corrected chi connectivity index (χ0v) is 11.2. The van der Waals surface area contributed by atoms with Crippen LogP contribution in [0, 0.1) is 0 Å². The largest absolute Gasteiger partial charge is 0.496 e. The molecule has 4 heteroatoms. The third-order valence-electron chi connectivity index (χ3n) is 2.74. The molecular formula is C16H16N2O2. The number of ether oxygens (including phenoxy) is 1. The highest BCUT2D eigenvalue weighted by molar-refractivity contribution is 5.85. The Hall–Kier alpha value is -2.62. The van der Waals surface area contributed by atoms with Crippen molar-refractivity contribution in [2.45, 2.75) is 6.42 Å². The number of amides is 1. The van der Waals surface area contributed by atoms with Gasteiger partial charge < -0.3 is 4.74 Å². The van der Waals surface area contributed by atoms with Crippen molar-refractivity contribution in [3.05, 3.63) is 65.7 Å². The first-order valence-electron chi connectivity index (χ1n) is 6.28. The topological polar surface area (TPSA) is 50.7 Å². The molecule has 0 unspecified atom stereocenters. The Morgan fingerprint density at radius 3 is 2.60 bits per heavy atom. The molecule has 0 atom stereocenters. The van der Waals surface area contributed by atoms with Gasteiger partial charge in [0.25, 0.3) is 0 Å². The van der Waals surface area contributed by atoms with E-state index < -0.39 is 0 Å². The van der Waals surface area contributed by atoms with Crippen LogP contribution in [-0.2, 0) is 11.2 Å². The molecule has 0 bridgehead atoms. The van der Waals surface area contributed by atoms with Crippen molar-refractivity contribution < 1.29 is 9.53 Å². The Kier molecular flexibility index (Phi) is 4.89. The first-order valence-corrected chi connectivity index (χ1v) is 6.28. The zero-order chi connectivity index (χ0) is 14.2. The van der Waals surface area contributed by atoms with Crippen LogP contribution < -0.4 is 10.2 Å². The van der Waals surface area contributed by atoms with E-state index in [1.54, 1.807) is 13.3 Å². The van der Waals surface area contributed by atoms with Crippen LogP contribution in [0.25, 0.3) is 0 Å². The van der Waals surface area contributed by atoms with E-state index in [0.29, 0.717) is 12.2 Å². The molecule has 102 valence electrons. The third-order valence-corrected chi connectivity index (χ3v) is 2.74. The fourth-order valence-electron chi connectivity index (χ4n) is 1.77. The molecule has 1 N–H and O–H groups in total. The van der Waals surface area contributed by atoms with Gasteiger partial charge in [-0.1, -0.05) is 42.5 Å². The first-order chi connectivity index (χ1) is 9.79. The molecule has 0 radical (unpaired) electrons. The summed E-state index contributed by atoms with van der Waals surface area (Å²) in [7, 11) is 1.60. The Balaban J connectivity index is 1.91. The van der Waals surface area contributed by atoms with Gasteiger partial charge in [0.05, 0.1) is 19.7 Å². The number of methoxy groups -OCH3 is 1. The molecule has 0 saturated carbocycles. The minimum atomic E-state index is -0.151. The predicted octanol–water partition coefficient (Wildman–Crippen LogP) is 2.39. The number of hydrazone groups is 1. The molecule has 2 aromatic rings. The first kappa shape index (κ1) is 13.8. The van der Waals surface area contributed by atoms with E-state index in [-0.39, 0.29) is 5.91 Å². The van der Waals surface area contributed by atoms with E-state index in [2.05, 4.69) is 10.5 Å². The molecular weight excluding hydrogens is 252 g/mol.